The molecule has 0 fully saturated rings. The van der Waals surface area contributed by atoms with Crippen LogP contribution in [0.2, 0.25) is 0 Å². The first kappa shape index (κ1) is 15.8. The maximum Gasteiger partial charge on any atom is 0.260 e. The number of anilines is 1. The SMILES string of the molecule is Cc1[nH]nc2c(C(=O)N3CCCc4cc(CCN)ccc43)cccc12. The molecular formula is C20H22N4O. The van der Waals surface area contributed by atoms with E-state index in [9.17, 15) is 4.79 Å². The number of nitrogens with one attached hydrogen (secondary N) is 1. The Kier molecular flexibility index (Phi) is 4.01. The van der Waals surface area contributed by atoms with E-state index in [1.807, 2.05) is 30.0 Å². The Labute approximate surface area is 146 Å². The Morgan fingerprint density at radius 3 is 3.04 bits per heavy atom. The number of aromatic nitrogens is 2. The molecule has 1 amide bonds. The van der Waals surface area contributed by atoms with Crippen molar-refractivity contribution < 1.29 is 4.79 Å². The molecular weight excluding hydrogens is 312 g/mol. The van der Waals surface area contributed by atoms with Crippen LogP contribution >= 0.6 is 0 Å². The molecule has 128 valence electrons. The van der Waals surface area contributed by atoms with Crippen molar-refractivity contribution in [2.75, 3.05) is 18.0 Å². The Hall–Kier alpha value is -2.66. The second-order valence-corrected chi connectivity index (χ2v) is 6.61. The number of hydrogen-bond donors (Lipinski definition) is 2. The summed E-state index contributed by atoms with van der Waals surface area (Å²) in [4.78, 5) is 15.1. The lowest BCUT2D eigenvalue weighted by atomic mass is 9.97. The standard InChI is InChI=1S/C20H22N4O/c1-13-16-5-2-6-17(19(16)23-22-13)20(25)24-11-3-4-15-12-14(9-10-21)7-8-18(15)24/h2,5-8,12H,3-4,9-11,21H2,1H3,(H,22,23). The zero-order valence-corrected chi connectivity index (χ0v) is 14.4. The van der Waals surface area contributed by atoms with E-state index >= 15 is 0 Å². The van der Waals surface area contributed by atoms with E-state index in [0.29, 0.717) is 12.1 Å². The summed E-state index contributed by atoms with van der Waals surface area (Å²) >= 11 is 0. The van der Waals surface area contributed by atoms with Crippen LogP contribution in [0.15, 0.2) is 36.4 Å². The van der Waals surface area contributed by atoms with Gasteiger partial charge in [0.1, 0.15) is 5.52 Å². The number of H-pyrrole nitrogens is 1. The first-order chi connectivity index (χ1) is 12.2. The largest absolute Gasteiger partial charge is 0.330 e. The van der Waals surface area contributed by atoms with E-state index in [1.165, 1.54) is 11.1 Å². The Balaban J connectivity index is 1.74. The molecule has 1 aliphatic heterocycles. The van der Waals surface area contributed by atoms with Gasteiger partial charge >= 0.3 is 0 Å². The van der Waals surface area contributed by atoms with Crippen LogP contribution in [0.3, 0.4) is 0 Å². The smallest absolute Gasteiger partial charge is 0.260 e. The summed E-state index contributed by atoms with van der Waals surface area (Å²) in [5, 5.41) is 8.33. The van der Waals surface area contributed by atoms with Crippen molar-refractivity contribution in [1.82, 2.24) is 10.2 Å². The van der Waals surface area contributed by atoms with Gasteiger partial charge in [-0.05, 0) is 56.0 Å². The fourth-order valence-electron chi connectivity index (χ4n) is 3.67. The lowest BCUT2D eigenvalue weighted by molar-refractivity contribution is 0.0986. The van der Waals surface area contributed by atoms with Crippen molar-refractivity contribution >= 4 is 22.5 Å². The molecule has 0 aliphatic carbocycles. The third-order valence-electron chi connectivity index (χ3n) is 4.95. The number of rotatable bonds is 3. The van der Waals surface area contributed by atoms with E-state index in [1.54, 1.807) is 0 Å². The summed E-state index contributed by atoms with van der Waals surface area (Å²) in [5.41, 5.74) is 11.5. The molecule has 0 spiro atoms. The van der Waals surface area contributed by atoms with Gasteiger partial charge in [0.15, 0.2) is 0 Å². The second kappa shape index (κ2) is 6.33. The van der Waals surface area contributed by atoms with Gasteiger partial charge in [-0.25, -0.2) is 0 Å². The van der Waals surface area contributed by atoms with Gasteiger partial charge in [-0.2, -0.15) is 5.10 Å². The first-order valence-electron chi connectivity index (χ1n) is 8.76. The number of nitrogens with two attached hydrogens (primary N) is 1. The number of amides is 1. The van der Waals surface area contributed by atoms with Crippen molar-refractivity contribution in [2.45, 2.75) is 26.2 Å². The molecule has 5 nitrogen and oxygen atoms in total. The molecule has 0 bridgehead atoms. The molecule has 25 heavy (non-hydrogen) atoms. The topological polar surface area (TPSA) is 75.0 Å². The number of carbonyl (C=O) groups excluding carboxylic acids is 1. The third kappa shape index (κ3) is 2.70. The summed E-state index contributed by atoms with van der Waals surface area (Å²) in [6, 6.07) is 12.1. The fraction of sp³-hybridized carbons (Fsp3) is 0.300. The number of aryl methyl sites for hydroxylation is 2. The molecule has 0 saturated carbocycles. The molecule has 2 aromatic carbocycles. The second-order valence-electron chi connectivity index (χ2n) is 6.61. The van der Waals surface area contributed by atoms with Gasteiger partial charge in [0, 0.05) is 23.3 Å². The summed E-state index contributed by atoms with van der Waals surface area (Å²) in [6.07, 6.45) is 2.84. The molecule has 2 heterocycles. The normalized spacial score (nSPS) is 13.9. The van der Waals surface area contributed by atoms with Crippen LogP contribution in [0, 0.1) is 6.92 Å². The van der Waals surface area contributed by atoms with E-state index in [4.69, 9.17) is 5.73 Å². The van der Waals surface area contributed by atoms with Gasteiger partial charge in [-0.3, -0.25) is 9.89 Å². The molecule has 5 heteroatoms. The zero-order valence-electron chi connectivity index (χ0n) is 14.4. The van der Waals surface area contributed by atoms with Gasteiger partial charge in [0.05, 0.1) is 5.56 Å². The van der Waals surface area contributed by atoms with Gasteiger partial charge in [-0.15, -0.1) is 0 Å². The summed E-state index contributed by atoms with van der Waals surface area (Å²) < 4.78 is 0. The van der Waals surface area contributed by atoms with Gasteiger partial charge in [0.2, 0.25) is 0 Å². The van der Waals surface area contributed by atoms with E-state index < -0.39 is 0 Å². The number of hydrogen-bond acceptors (Lipinski definition) is 3. The van der Waals surface area contributed by atoms with E-state index in [-0.39, 0.29) is 5.91 Å². The number of benzene rings is 2. The molecule has 0 unspecified atom stereocenters. The third-order valence-corrected chi connectivity index (χ3v) is 4.95. The van der Waals surface area contributed by atoms with Crippen molar-refractivity contribution in [3.63, 3.8) is 0 Å². The van der Waals surface area contributed by atoms with Crippen LogP contribution in [0.25, 0.3) is 10.9 Å². The minimum Gasteiger partial charge on any atom is -0.330 e. The summed E-state index contributed by atoms with van der Waals surface area (Å²) in [6.45, 7) is 3.35. The first-order valence-corrected chi connectivity index (χ1v) is 8.76. The maximum atomic E-state index is 13.2. The van der Waals surface area contributed by atoms with Gasteiger partial charge in [-0.1, -0.05) is 24.3 Å². The van der Waals surface area contributed by atoms with Crippen molar-refractivity contribution in [3.05, 3.63) is 58.8 Å². The monoisotopic (exact) mass is 334 g/mol. The van der Waals surface area contributed by atoms with Crippen LogP contribution in [0.1, 0.15) is 33.6 Å². The predicted molar refractivity (Wildman–Crippen MR) is 100 cm³/mol. The fourth-order valence-corrected chi connectivity index (χ4v) is 3.67. The van der Waals surface area contributed by atoms with E-state index in [2.05, 4.69) is 28.4 Å². The average Bonchev–Trinajstić information content (AvgIpc) is 3.02. The molecule has 0 atom stereocenters. The summed E-state index contributed by atoms with van der Waals surface area (Å²) in [7, 11) is 0. The lowest BCUT2D eigenvalue weighted by Gasteiger charge is -2.30. The van der Waals surface area contributed by atoms with Crippen molar-refractivity contribution in [3.8, 4) is 0 Å². The molecule has 1 aliphatic rings. The van der Waals surface area contributed by atoms with Crippen LogP contribution in [-0.2, 0) is 12.8 Å². The lowest BCUT2D eigenvalue weighted by Crippen LogP contribution is -2.35. The maximum absolute atomic E-state index is 13.2. The molecule has 3 N–H and O–H groups in total. The van der Waals surface area contributed by atoms with Crippen LogP contribution < -0.4 is 10.6 Å². The number of carbonyl (C=O) groups is 1. The molecule has 1 aromatic heterocycles. The highest BCUT2D eigenvalue weighted by atomic mass is 16.2. The molecule has 0 saturated heterocycles. The average molecular weight is 334 g/mol. The molecule has 0 radical (unpaired) electrons. The minimum absolute atomic E-state index is 0.0182. The number of para-hydroxylation sites is 1. The van der Waals surface area contributed by atoms with Crippen molar-refractivity contribution in [1.29, 1.82) is 0 Å². The highest BCUT2D eigenvalue weighted by Gasteiger charge is 2.25. The van der Waals surface area contributed by atoms with Crippen LogP contribution in [0.4, 0.5) is 5.69 Å². The molecule has 3 aromatic rings. The highest BCUT2D eigenvalue weighted by Crippen LogP contribution is 2.31. The molecule has 4 rings (SSSR count). The minimum atomic E-state index is 0.0182. The van der Waals surface area contributed by atoms with Gasteiger partial charge in [0.25, 0.3) is 5.91 Å². The highest BCUT2D eigenvalue weighted by molar-refractivity contribution is 6.13. The number of nitrogens with zero attached hydrogens (tertiary/aromatic N) is 2. The Morgan fingerprint density at radius 2 is 2.20 bits per heavy atom. The number of aromatic amines is 1. The van der Waals surface area contributed by atoms with Crippen LogP contribution in [0.5, 0.6) is 0 Å². The quantitative estimate of drug-likeness (QED) is 0.773. The van der Waals surface area contributed by atoms with Crippen LogP contribution in [-0.4, -0.2) is 29.2 Å². The predicted octanol–water partition coefficient (Wildman–Crippen LogP) is 2.97. The Bertz CT molecular complexity index is 944. The van der Waals surface area contributed by atoms with E-state index in [0.717, 1.165) is 48.1 Å². The van der Waals surface area contributed by atoms with Crippen molar-refractivity contribution in [2.24, 2.45) is 5.73 Å². The van der Waals surface area contributed by atoms with Gasteiger partial charge < -0.3 is 10.6 Å². The zero-order chi connectivity index (χ0) is 17.4. The summed E-state index contributed by atoms with van der Waals surface area (Å²) in [5.74, 6) is 0.0182. The Morgan fingerprint density at radius 1 is 1.32 bits per heavy atom. The number of fused-ring (bicyclic) bond motifs is 2.